The van der Waals surface area contributed by atoms with Gasteiger partial charge in [0, 0.05) is 19.6 Å². The Morgan fingerprint density at radius 1 is 1.12 bits per heavy atom. The Hall–Kier alpha value is -2.85. The summed E-state index contributed by atoms with van der Waals surface area (Å²) in [7, 11) is 0. The number of hydrogen-bond acceptors (Lipinski definition) is 7. The van der Waals surface area contributed by atoms with Crippen LogP contribution in [-0.2, 0) is 16.1 Å². The molecule has 1 aliphatic rings. The monoisotopic (exact) mass is 483 g/mol. The van der Waals surface area contributed by atoms with Crippen molar-refractivity contribution >= 4 is 29.3 Å². The summed E-state index contributed by atoms with van der Waals surface area (Å²) in [5.41, 5.74) is 4.60. The number of anilines is 2. The minimum atomic E-state index is -0.0910. The predicted octanol–water partition coefficient (Wildman–Crippen LogP) is 3.61. The van der Waals surface area contributed by atoms with Gasteiger partial charge < -0.3 is 15.0 Å². The molecule has 10 heteroatoms. The van der Waals surface area contributed by atoms with E-state index < -0.39 is 0 Å². The smallest absolute Gasteiger partial charge is 0.234 e. The van der Waals surface area contributed by atoms with Crippen LogP contribution in [0.3, 0.4) is 0 Å². The number of rotatable bonds is 8. The van der Waals surface area contributed by atoms with Gasteiger partial charge in [-0.15, -0.1) is 10.2 Å². The molecule has 1 amide bonds. The molecule has 0 spiro atoms. The lowest BCUT2D eigenvalue weighted by Crippen LogP contribution is -2.38. The van der Waals surface area contributed by atoms with E-state index in [9.17, 15) is 4.79 Å². The fourth-order valence-corrected chi connectivity index (χ4v) is 4.72. The predicted molar refractivity (Wildman–Crippen MR) is 135 cm³/mol. The van der Waals surface area contributed by atoms with Gasteiger partial charge >= 0.3 is 0 Å². The number of aryl methyl sites for hydroxylation is 2. The van der Waals surface area contributed by atoms with Gasteiger partial charge in [-0.25, -0.2) is 4.68 Å². The molecule has 3 aromatic rings. The molecule has 1 N–H and O–H groups in total. The number of benzene rings is 1. The van der Waals surface area contributed by atoms with Crippen molar-refractivity contribution in [2.75, 3.05) is 42.3 Å². The number of amides is 1. The number of thioether (sulfide) groups is 1. The van der Waals surface area contributed by atoms with Crippen molar-refractivity contribution in [3.63, 3.8) is 0 Å². The van der Waals surface area contributed by atoms with E-state index in [1.807, 2.05) is 30.7 Å². The first-order valence-corrected chi connectivity index (χ1v) is 12.6. The number of carbonyl (C=O) groups excluding carboxylic acids is 1. The fourth-order valence-electron chi connectivity index (χ4n) is 3.98. The molecule has 0 saturated carbocycles. The van der Waals surface area contributed by atoms with Gasteiger partial charge in [-0.3, -0.25) is 9.36 Å². The second-order valence-corrected chi connectivity index (χ2v) is 9.96. The number of hydrogen-bond donors (Lipinski definition) is 1. The molecule has 0 atom stereocenters. The zero-order valence-electron chi connectivity index (χ0n) is 20.5. The molecule has 1 saturated heterocycles. The van der Waals surface area contributed by atoms with Crippen LogP contribution in [-0.4, -0.2) is 62.5 Å². The molecule has 0 aliphatic carbocycles. The van der Waals surface area contributed by atoms with E-state index >= 15 is 0 Å². The summed E-state index contributed by atoms with van der Waals surface area (Å²) >= 11 is 1.41. The lowest BCUT2D eigenvalue weighted by atomic mass is 10.2. The van der Waals surface area contributed by atoms with Gasteiger partial charge in [0.2, 0.25) is 11.9 Å². The topological polar surface area (TPSA) is 90.1 Å². The Morgan fingerprint density at radius 2 is 1.82 bits per heavy atom. The number of carbonyl (C=O) groups is 1. The number of nitrogens with zero attached hydrogens (tertiary/aromatic N) is 6. The Labute approximate surface area is 204 Å². The molecule has 34 heavy (non-hydrogen) atoms. The van der Waals surface area contributed by atoms with E-state index in [0.717, 1.165) is 53.5 Å². The number of aromatic nitrogens is 5. The third-order valence-corrected chi connectivity index (χ3v) is 6.67. The minimum Gasteiger partial charge on any atom is -0.378 e. The maximum Gasteiger partial charge on any atom is 0.234 e. The van der Waals surface area contributed by atoms with Crippen molar-refractivity contribution in [3.8, 4) is 5.69 Å². The lowest BCUT2D eigenvalue weighted by Gasteiger charge is -2.28. The van der Waals surface area contributed by atoms with Gasteiger partial charge in [0.05, 0.1) is 41.7 Å². The van der Waals surface area contributed by atoms with Crippen molar-refractivity contribution in [2.45, 2.75) is 46.3 Å². The third kappa shape index (κ3) is 5.44. The van der Waals surface area contributed by atoms with Crippen LogP contribution in [0.4, 0.5) is 11.6 Å². The Bertz CT molecular complexity index is 1130. The summed E-state index contributed by atoms with van der Waals surface area (Å²) in [6, 6.07) is 8.17. The van der Waals surface area contributed by atoms with Gasteiger partial charge in [0.25, 0.3) is 0 Å². The van der Waals surface area contributed by atoms with E-state index in [1.165, 1.54) is 17.3 Å². The molecule has 1 aliphatic heterocycles. The van der Waals surface area contributed by atoms with Crippen molar-refractivity contribution < 1.29 is 9.53 Å². The summed E-state index contributed by atoms with van der Waals surface area (Å²) in [6.45, 7) is 14.0. The van der Waals surface area contributed by atoms with Gasteiger partial charge in [0.1, 0.15) is 0 Å². The molecule has 2 aromatic heterocycles. The van der Waals surface area contributed by atoms with Crippen LogP contribution in [0.1, 0.15) is 30.8 Å². The average molecular weight is 484 g/mol. The van der Waals surface area contributed by atoms with E-state index in [1.54, 1.807) is 0 Å². The first-order valence-electron chi connectivity index (χ1n) is 11.6. The summed E-state index contributed by atoms with van der Waals surface area (Å²) in [5.74, 6) is 1.44. The standard InChI is InChI=1S/C24H33N7O2S/c1-16(2)14-30-23(29-10-12-33-13-11-29)26-27-24(30)34-15-21(32)25-22-18(4)28-31(19(22)5)20-8-6-17(3)7-9-20/h6-9,16H,10-15H2,1-5H3,(H,25,32). The molecule has 1 aromatic carbocycles. The van der Waals surface area contributed by atoms with Crippen LogP contribution in [0, 0.1) is 26.7 Å². The first kappa shape index (κ1) is 24.3. The van der Waals surface area contributed by atoms with Crippen LogP contribution in [0.15, 0.2) is 29.4 Å². The quantitative estimate of drug-likeness (QED) is 0.490. The molecule has 9 nitrogen and oxygen atoms in total. The van der Waals surface area contributed by atoms with Crippen LogP contribution >= 0.6 is 11.8 Å². The number of ether oxygens (including phenoxy) is 1. The van der Waals surface area contributed by atoms with E-state index in [2.05, 4.69) is 63.0 Å². The maximum atomic E-state index is 12.9. The minimum absolute atomic E-state index is 0.0910. The van der Waals surface area contributed by atoms with Crippen molar-refractivity contribution in [2.24, 2.45) is 5.92 Å². The Balaban J connectivity index is 1.45. The largest absolute Gasteiger partial charge is 0.378 e. The lowest BCUT2D eigenvalue weighted by molar-refractivity contribution is -0.113. The van der Waals surface area contributed by atoms with E-state index in [4.69, 9.17) is 4.74 Å². The van der Waals surface area contributed by atoms with E-state index in [-0.39, 0.29) is 11.7 Å². The normalized spacial score (nSPS) is 14.1. The highest BCUT2D eigenvalue weighted by atomic mass is 32.2. The van der Waals surface area contributed by atoms with Crippen molar-refractivity contribution in [1.29, 1.82) is 0 Å². The Morgan fingerprint density at radius 3 is 2.50 bits per heavy atom. The van der Waals surface area contributed by atoms with Crippen molar-refractivity contribution in [1.82, 2.24) is 24.5 Å². The summed E-state index contributed by atoms with van der Waals surface area (Å²) in [6.07, 6.45) is 0. The van der Waals surface area contributed by atoms with Gasteiger partial charge in [-0.05, 0) is 38.8 Å². The maximum absolute atomic E-state index is 12.9. The molecule has 1 fully saturated rings. The second kappa shape index (κ2) is 10.6. The molecule has 3 heterocycles. The molecule has 182 valence electrons. The second-order valence-electron chi connectivity index (χ2n) is 9.02. The summed E-state index contributed by atoms with van der Waals surface area (Å²) in [4.78, 5) is 15.1. The average Bonchev–Trinajstić information content (AvgIpc) is 3.34. The number of morpholine rings is 1. The SMILES string of the molecule is Cc1ccc(-n2nc(C)c(NC(=O)CSc3nnc(N4CCOCC4)n3CC(C)C)c2C)cc1. The third-order valence-electron chi connectivity index (χ3n) is 5.71. The van der Waals surface area contributed by atoms with Crippen LogP contribution in [0.25, 0.3) is 5.69 Å². The van der Waals surface area contributed by atoms with Crippen LogP contribution in [0.2, 0.25) is 0 Å². The zero-order chi connectivity index (χ0) is 24.2. The van der Waals surface area contributed by atoms with Crippen LogP contribution in [0.5, 0.6) is 0 Å². The molecule has 0 unspecified atom stereocenters. The first-order chi connectivity index (χ1) is 16.3. The zero-order valence-corrected chi connectivity index (χ0v) is 21.4. The van der Waals surface area contributed by atoms with Gasteiger partial charge in [-0.2, -0.15) is 5.10 Å². The molecule has 0 bridgehead atoms. The highest BCUT2D eigenvalue weighted by Crippen LogP contribution is 2.26. The highest BCUT2D eigenvalue weighted by molar-refractivity contribution is 7.99. The molecular weight excluding hydrogens is 450 g/mol. The fraction of sp³-hybridized carbons (Fsp3) is 0.500. The van der Waals surface area contributed by atoms with E-state index in [0.29, 0.717) is 19.1 Å². The Kier molecular flexibility index (Phi) is 7.57. The van der Waals surface area contributed by atoms with Crippen LogP contribution < -0.4 is 10.2 Å². The summed E-state index contributed by atoms with van der Waals surface area (Å²) < 4.78 is 9.47. The van der Waals surface area contributed by atoms with Gasteiger partial charge in [0.15, 0.2) is 5.16 Å². The molecule has 0 radical (unpaired) electrons. The molecule has 4 rings (SSSR count). The number of nitrogens with one attached hydrogen (secondary N) is 1. The molecular formula is C24H33N7O2S. The highest BCUT2D eigenvalue weighted by Gasteiger charge is 2.22. The van der Waals surface area contributed by atoms with Gasteiger partial charge in [-0.1, -0.05) is 43.3 Å². The van der Waals surface area contributed by atoms with Crippen molar-refractivity contribution in [3.05, 3.63) is 41.2 Å². The summed E-state index contributed by atoms with van der Waals surface area (Å²) in [5, 5.41) is 17.3.